The Balaban J connectivity index is 1.92. The average Bonchev–Trinajstić information content (AvgIpc) is 2.58. The Bertz CT molecular complexity index is 614. The van der Waals surface area contributed by atoms with Crippen molar-refractivity contribution in [1.29, 1.82) is 0 Å². The lowest BCUT2D eigenvalue weighted by Gasteiger charge is -2.07. The molecule has 0 aliphatic carbocycles. The Morgan fingerprint density at radius 3 is 2.52 bits per heavy atom. The maximum atomic E-state index is 12.1. The number of methoxy groups -OCH3 is 1. The number of carbonyl (C=O) groups is 1. The van der Waals surface area contributed by atoms with E-state index in [9.17, 15) is 4.79 Å². The number of nitrogens with zero attached hydrogens (tertiary/aromatic N) is 2. The highest BCUT2D eigenvalue weighted by molar-refractivity contribution is 6.02. The Hall–Kier alpha value is -2.67. The summed E-state index contributed by atoms with van der Waals surface area (Å²) in [5, 5.41) is 13.7. The van der Waals surface area contributed by atoms with Crippen LogP contribution in [-0.2, 0) is 4.74 Å². The molecule has 0 atom stereocenters. The van der Waals surface area contributed by atoms with Crippen LogP contribution in [0, 0.1) is 0 Å². The first-order chi connectivity index (χ1) is 11.2. The minimum absolute atomic E-state index is 0.246. The zero-order valence-electron chi connectivity index (χ0n) is 13.2. The van der Waals surface area contributed by atoms with Crippen molar-refractivity contribution < 1.29 is 14.3 Å². The Labute approximate surface area is 135 Å². The zero-order valence-corrected chi connectivity index (χ0v) is 13.2. The van der Waals surface area contributed by atoms with Crippen LogP contribution < -0.4 is 15.4 Å². The van der Waals surface area contributed by atoms with Crippen molar-refractivity contribution >= 4 is 17.4 Å². The predicted octanol–water partition coefficient (Wildman–Crippen LogP) is 2.19. The summed E-state index contributed by atoms with van der Waals surface area (Å²) in [7, 11) is 1.63. The van der Waals surface area contributed by atoms with E-state index in [0.29, 0.717) is 31.3 Å². The molecule has 122 valence electrons. The minimum Gasteiger partial charge on any atom is -0.494 e. The summed E-state index contributed by atoms with van der Waals surface area (Å²) in [5.74, 6) is 1.04. The third-order valence-corrected chi connectivity index (χ3v) is 2.93. The average molecular weight is 316 g/mol. The highest BCUT2D eigenvalue weighted by Gasteiger charge is 2.08. The fourth-order valence-electron chi connectivity index (χ4n) is 1.83. The first kappa shape index (κ1) is 16.7. The summed E-state index contributed by atoms with van der Waals surface area (Å²) in [4.78, 5) is 12.1. The lowest BCUT2D eigenvalue weighted by Crippen LogP contribution is -2.15. The molecular weight excluding hydrogens is 296 g/mol. The molecule has 0 fully saturated rings. The summed E-state index contributed by atoms with van der Waals surface area (Å²) in [6, 6.07) is 10.5. The molecule has 23 heavy (non-hydrogen) atoms. The van der Waals surface area contributed by atoms with E-state index < -0.39 is 0 Å². The van der Waals surface area contributed by atoms with E-state index in [1.165, 1.54) is 0 Å². The van der Waals surface area contributed by atoms with Crippen LogP contribution in [-0.4, -0.2) is 43.0 Å². The van der Waals surface area contributed by atoms with E-state index >= 15 is 0 Å². The van der Waals surface area contributed by atoms with Crippen LogP contribution in [0.25, 0.3) is 0 Å². The second-order valence-electron chi connectivity index (χ2n) is 4.63. The second-order valence-corrected chi connectivity index (χ2v) is 4.63. The van der Waals surface area contributed by atoms with Crippen LogP contribution in [0.5, 0.6) is 5.75 Å². The molecular formula is C16H20N4O3. The van der Waals surface area contributed by atoms with Crippen molar-refractivity contribution in [1.82, 2.24) is 10.2 Å². The number of ether oxygens (including phenoxy) is 2. The molecule has 0 spiro atoms. The van der Waals surface area contributed by atoms with E-state index in [0.717, 1.165) is 5.75 Å². The summed E-state index contributed by atoms with van der Waals surface area (Å²) in [5.41, 5.74) is 0.915. The number of benzene rings is 1. The molecule has 1 heterocycles. The highest BCUT2D eigenvalue weighted by atomic mass is 16.5. The molecule has 1 aromatic heterocycles. The van der Waals surface area contributed by atoms with Crippen LogP contribution in [0.3, 0.4) is 0 Å². The molecule has 0 bridgehead atoms. The number of hydrogen-bond donors (Lipinski definition) is 2. The van der Waals surface area contributed by atoms with Gasteiger partial charge in [0.05, 0.1) is 13.2 Å². The maximum Gasteiger partial charge on any atom is 0.276 e. The predicted molar refractivity (Wildman–Crippen MR) is 88.0 cm³/mol. The third kappa shape index (κ3) is 5.23. The van der Waals surface area contributed by atoms with Crippen LogP contribution in [0.1, 0.15) is 17.4 Å². The SMILES string of the molecule is CCOc1ccc(NC(=O)c2ccc(NCCOC)nn2)cc1. The fourth-order valence-corrected chi connectivity index (χ4v) is 1.83. The van der Waals surface area contributed by atoms with Gasteiger partial charge in [0.15, 0.2) is 5.69 Å². The molecule has 0 unspecified atom stereocenters. The van der Waals surface area contributed by atoms with Gasteiger partial charge in [0.1, 0.15) is 11.6 Å². The smallest absolute Gasteiger partial charge is 0.276 e. The van der Waals surface area contributed by atoms with Crippen molar-refractivity contribution in [2.45, 2.75) is 6.92 Å². The monoisotopic (exact) mass is 316 g/mol. The molecule has 0 aliphatic heterocycles. The summed E-state index contributed by atoms with van der Waals surface area (Å²) >= 11 is 0. The molecule has 0 saturated heterocycles. The molecule has 1 aromatic carbocycles. The molecule has 1 amide bonds. The van der Waals surface area contributed by atoms with Crippen LogP contribution >= 0.6 is 0 Å². The van der Waals surface area contributed by atoms with E-state index in [4.69, 9.17) is 9.47 Å². The molecule has 0 radical (unpaired) electrons. The topological polar surface area (TPSA) is 85.4 Å². The first-order valence-electron chi connectivity index (χ1n) is 7.33. The maximum absolute atomic E-state index is 12.1. The van der Waals surface area contributed by atoms with E-state index in [-0.39, 0.29) is 11.6 Å². The quantitative estimate of drug-likeness (QED) is 0.726. The van der Waals surface area contributed by atoms with Gasteiger partial charge in [0.25, 0.3) is 5.91 Å². The second kappa shape index (κ2) is 8.70. The van der Waals surface area contributed by atoms with Gasteiger partial charge in [-0.25, -0.2) is 0 Å². The Morgan fingerprint density at radius 2 is 1.91 bits per heavy atom. The largest absolute Gasteiger partial charge is 0.494 e. The standard InChI is InChI=1S/C16H20N4O3/c1-3-23-13-6-4-12(5-7-13)18-16(21)14-8-9-15(20-19-14)17-10-11-22-2/h4-9H,3,10-11H2,1-2H3,(H,17,20)(H,18,21). The van der Waals surface area contributed by atoms with Crippen LogP contribution in [0.4, 0.5) is 11.5 Å². The number of hydrogen-bond acceptors (Lipinski definition) is 6. The van der Waals surface area contributed by atoms with E-state index in [1.807, 2.05) is 6.92 Å². The van der Waals surface area contributed by atoms with Crippen molar-refractivity contribution in [2.24, 2.45) is 0 Å². The molecule has 2 rings (SSSR count). The highest BCUT2D eigenvalue weighted by Crippen LogP contribution is 2.16. The summed E-state index contributed by atoms with van der Waals surface area (Å²) < 4.78 is 10.3. The van der Waals surface area contributed by atoms with Gasteiger partial charge < -0.3 is 20.1 Å². The normalized spacial score (nSPS) is 10.2. The van der Waals surface area contributed by atoms with Gasteiger partial charge in [-0.2, -0.15) is 0 Å². The van der Waals surface area contributed by atoms with Gasteiger partial charge in [0.2, 0.25) is 0 Å². The number of carbonyl (C=O) groups excluding carboxylic acids is 1. The van der Waals surface area contributed by atoms with Gasteiger partial charge in [-0.3, -0.25) is 4.79 Å². The van der Waals surface area contributed by atoms with Gasteiger partial charge in [-0.05, 0) is 43.3 Å². The summed E-state index contributed by atoms with van der Waals surface area (Å²) in [6.45, 7) is 3.72. The van der Waals surface area contributed by atoms with Gasteiger partial charge in [0, 0.05) is 19.3 Å². The Kier molecular flexibility index (Phi) is 6.31. The van der Waals surface area contributed by atoms with Crippen molar-refractivity contribution in [3.63, 3.8) is 0 Å². The minimum atomic E-state index is -0.315. The van der Waals surface area contributed by atoms with Crippen molar-refractivity contribution in [2.75, 3.05) is 37.5 Å². The van der Waals surface area contributed by atoms with Gasteiger partial charge in [-0.1, -0.05) is 0 Å². The van der Waals surface area contributed by atoms with Gasteiger partial charge in [-0.15, -0.1) is 10.2 Å². The van der Waals surface area contributed by atoms with Crippen LogP contribution in [0.15, 0.2) is 36.4 Å². The summed E-state index contributed by atoms with van der Waals surface area (Å²) in [6.07, 6.45) is 0. The van der Waals surface area contributed by atoms with E-state index in [2.05, 4.69) is 20.8 Å². The number of nitrogens with one attached hydrogen (secondary N) is 2. The molecule has 7 heteroatoms. The fraction of sp³-hybridized carbons (Fsp3) is 0.312. The Morgan fingerprint density at radius 1 is 1.13 bits per heavy atom. The molecule has 7 nitrogen and oxygen atoms in total. The number of rotatable bonds is 8. The zero-order chi connectivity index (χ0) is 16.5. The molecule has 2 aromatic rings. The number of aromatic nitrogens is 2. The van der Waals surface area contributed by atoms with E-state index in [1.54, 1.807) is 43.5 Å². The van der Waals surface area contributed by atoms with Crippen molar-refractivity contribution in [3.05, 3.63) is 42.1 Å². The number of anilines is 2. The third-order valence-electron chi connectivity index (χ3n) is 2.93. The first-order valence-corrected chi connectivity index (χ1v) is 7.33. The molecule has 2 N–H and O–H groups in total. The molecule has 0 saturated carbocycles. The molecule has 0 aliphatic rings. The number of amides is 1. The van der Waals surface area contributed by atoms with Gasteiger partial charge >= 0.3 is 0 Å². The van der Waals surface area contributed by atoms with Crippen molar-refractivity contribution in [3.8, 4) is 5.75 Å². The lowest BCUT2D eigenvalue weighted by molar-refractivity contribution is 0.102. The van der Waals surface area contributed by atoms with Crippen LogP contribution in [0.2, 0.25) is 0 Å². The lowest BCUT2D eigenvalue weighted by atomic mass is 10.3.